The molecule has 0 aliphatic heterocycles. The quantitative estimate of drug-likeness (QED) is 0.712. The molecule has 148 valence electrons. The average Bonchev–Trinajstić information content (AvgIpc) is 2.61. The maximum Gasteiger partial charge on any atom is 0.257 e. The van der Waals surface area contributed by atoms with Crippen LogP contribution in [0.3, 0.4) is 0 Å². The number of anilines is 2. The van der Waals surface area contributed by atoms with Crippen molar-refractivity contribution in [2.45, 2.75) is 34.1 Å². The number of rotatable bonds is 6. The summed E-state index contributed by atoms with van der Waals surface area (Å²) in [6.07, 6.45) is 0.121. The molecular formula is C22H27N3O3. The van der Waals surface area contributed by atoms with Crippen LogP contribution in [0.4, 0.5) is 11.4 Å². The molecule has 3 N–H and O–H groups in total. The second-order valence-corrected chi connectivity index (χ2v) is 7.67. The Hall–Kier alpha value is -3.15. The lowest BCUT2D eigenvalue weighted by Gasteiger charge is -2.17. The molecule has 2 aromatic carbocycles. The van der Waals surface area contributed by atoms with Gasteiger partial charge in [-0.3, -0.25) is 14.4 Å². The number of aryl methyl sites for hydroxylation is 1. The Morgan fingerprint density at radius 2 is 1.64 bits per heavy atom. The van der Waals surface area contributed by atoms with E-state index >= 15 is 0 Å². The fourth-order valence-corrected chi connectivity index (χ4v) is 2.48. The number of carbonyl (C=O) groups excluding carboxylic acids is 3. The van der Waals surface area contributed by atoms with Crippen LogP contribution in [0.1, 0.15) is 43.1 Å². The van der Waals surface area contributed by atoms with Gasteiger partial charge in [0.1, 0.15) is 0 Å². The highest BCUT2D eigenvalue weighted by atomic mass is 16.2. The Labute approximate surface area is 165 Å². The van der Waals surface area contributed by atoms with Gasteiger partial charge in [-0.25, -0.2) is 0 Å². The Balaban J connectivity index is 1.98. The zero-order valence-corrected chi connectivity index (χ0v) is 16.8. The number of hydrogen-bond acceptors (Lipinski definition) is 3. The molecule has 0 bridgehead atoms. The van der Waals surface area contributed by atoms with E-state index in [-0.39, 0.29) is 30.7 Å². The van der Waals surface area contributed by atoms with E-state index in [1.54, 1.807) is 24.3 Å². The van der Waals surface area contributed by atoms with Crippen molar-refractivity contribution >= 4 is 29.1 Å². The third-order valence-electron chi connectivity index (χ3n) is 4.04. The van der Waals surface area contributed by atoms with Crippen molar-refractivity contribution in [3.63, 3.8) is 0 Å². The smallest absolute Gasteiger partial charge is 0.257 e. The van der Waals surface area contributed by atoms with Crippen LogP contribution in [0.2, 0.25) is 0 Å². The molecule has 0 heterocycles. The number of benzene rings is 2. The molecule has 0 aliphatic carbocycles. The van der Waals surface area contributed by atoms with Crippen LogP contribution < -0.4 is 16.0 Å². The standard InChI is InChI=1S/C22H27N3O3/c1-15-8-7-9-16(14-15)24-20(27)17-10-5-6-11-18(17)25-19(26)12-13-23-21(28)22(2,3)4/h5-11,14H,12-13H2,1-4H3,(H,23,28)(H,24,27)(H,25,26). The zero-order chi connectivity index (χ0) is 20.7. The normalized spacial score (nSPS) is 10.9. The van der Waals surface area contributed by atoms with E-state index in [0.29, 0.717) is 16.9 Å². The summed E-state index contributed by atoms with van der Waals surface area (Å²) in [6, 6.07) is 14.3. The van der Waals surface area contributed by atoms with Gasteiger partial charge in [-0.15, -0.1) is 0 Å². The molecule has 2 aromatic rings. The van der Waals surface area contributed by atoms with Crippen LogP contribution in [0, 0.1) is 12.3 Å². The van der Waals surface area contributed by atoms with Crippen LogP contribution >= 0.6 is 0 Å². The molecule has 2 rings (SSSR count). The summed E-state index contributed by atoms with van der Waals surface area (Å²) < 4.78 is 0. The SMILES string of the molecule is Cc1cccc(NC(=O)c2ccccc2NC(=O)CCNC(=O)C(C)(C)C)c1. The highest BCUT2D eigenvalue weighted by Crippen LogP contribution is 2.18. The first kappa shape index (κ1) is 21.2. The molecule has 0 fully saturated rings. The topological polar surface area (TPSA) is 87.3 Å². The van der Waals surface area contributed by atoms with Crippen molar-refractivity contribution in [2.75, 3.05) is 17.2 Å². The van der Waals surface area contributed by atoms with Gasteiger partial charge in [0.25, 0.3) is 5.91 Å². The summed E-state index contributed by atoms with van der Waals surface area (Å²) in [4.78, 5) is 36.7. The van der Waals surface area contributed by atoms with Gasteiger partial charge in [-0.1, -0.05) is 45.0 Å². The third-order valence-corrected chi connectivity index (χ3v) is 4.04. The largest absolute Gasteiger partial charge is 0.355 e. The molecule has 28 heavy (non-hydrogen) atoms. The van der Waals surface area contributed by atoms with Crippen LogP contribution in [-0.2, 0) is 9.59 Å². The predicted octanol–water partition coefficient (Wildman–Crippen LogP) is 3.74. The number of amides is 3. The van der Waals surface area contributed by atoms with E-state index in [1.165, 1.54) is 0 Å². The van der Waals surface area contributed by atoms with Gasteiger partial charge in [0.15, 0.2) is 0 Å². The molecular weight excluding hydrogens is 354 g/mol. The van der Waals surface area contributed by atoms with E-state index in [4.69, 9.17) is 0 Å². The van der Waals surface area contributed by atoms with Gasteiger partial charge < -0.3 is 16.0 Å². The monoisotopic (exact) mass is 381 g/mol. The molecule has 0 spiro atoms. The van der Waals surface area contributed by atoms with Gasteiger partial charge in [0.2, 0.25) is 11.8 Å². The number of carbonyl (C=O) groups is 3. The minimum atomic E-state index is -0.503. The van der Waals surface area contributed by atoms with Gasteiger partial charge in [-0.05, 0) is 36.8 Å². The molecule has 0 unspecified atom stereocenters. The van der Waals surface area contributed by atoms with Crippen LogP contribution in [0.15, 0.2) is 48.5 Å². The van der Waals surface area contributed by atoms with E-state index in [0.717, 1.165) is 5.56 Å². The van der Waals surface area contributed by atoms with Crippen molar-refractivity contribution in [3.8, 4) is 0 Å². The first-order valence-corrected chi connectivity index (χ1v) is 9.22. The van der Waals surface area contributed by atoms with Gasteiger partial charge in [0, 0.05) is 24.1 Å². The maximum atomic E-state index is 12.6. The summed E-state index contributed by atoms with van der Waals surface area (Å²) >= 11 is 0. The Kier molecular flexibility index (Phi) is 6.93. The van der Waals surface area contributed by atoms with Gasteiger partial charge >= 0.3 is 0 Å². The minimum absolute atomic E-state index is 0.113. The molecule has 0 aromatic heterocycles. The molecule has 0 atom stereocenters. The summed E-state index contributed by atoms with van der Waals surface area (Å²) in [5.41, 5.74) is 2.03. The molecule has 0 saturated carbocycles. The summed E-state index contributed by atoms with van der Waals surface area (Å²) in [6.45, 7) is 7.62. The van der Waals surface area contributed by atoms with E-state index in [2.05, 4.69) is 16.0 Å². The molecule has 0 saturated heterocycles. The lowest BCUT2D eigenvalue weighted by atomic mass is 9.96. The molecule has 3 amide bonds. The fourth-order valence-electron chi connectivity index (χ4n) is 2.48. The summed E-state index contributed by atoms with van der Waals surface area (Å²) in [5.74, 6) is -0.689. The van der Waals surface area contributed by atoms with Gasteiger partial charge in [-0.2, -0.15) is 0 Å². The first-order chi connectivity index (χ1) is 13.2. The van der Waals surface area contributed by atoms with Crippen LogP contribution in [0.5, 0.6) is 0 Å². The van der Waals surface area contributed by atoms with E-state index < -0.39 is 5.41 Å². The number of nitrogens with one attached hydrogen (secondary N) is 3. The van der Waals surface area contributed by atoms with Gasteiger partial charge in [0.05, 0.1) is 11.3 Å². The third kappa shape index (κ3) is 6.23. The number of para-hydroxylation sites is 1. The Bertz CT molecular complexity index is 869. The highest BCUT2D eigenvalue weighted by molar-refractivity contribution is 6.10. The van der Waals surface area contributed by atoms with Crippen molar-refractivity contribution in [1.29, 1.82) is 0 Å². The van der Waals surface area contributed by atoms with Crippen LogP contribution in [0.25, 0.3) is 0 Å². The zero-order valence-electron chi connectivity index (χ0n) is 16.8. The van der Waals surface area contributed by atoms with Crippen molar-refractivity contribution in [3.05, 3.63) is 59.7 Å². The molecule has 0 radical (unpaired) electrons. The summed E-state index contributed by atoms with van der Waals surface area (Å²) in [7, 11) is 0. The predicted molar refractivity (Wildman–Crippen MR) is 111 cm³/mol. The van der Waals surface area contributed by atoms with Crippen molar-refractivity contribution in [1.82, 2.24) is 5.32 Å². The van der Waals surface area contributed by atoms with E-state index in [1.807, 2.05) is 52.0 Å². The van der Waals surface area contributed by atoms with E-state index in [9.17, 15) is 14.4 Å². The number of hydrogen-bond donors (Lipinski definition) is 3. The lowest BCUT2D eigenvalue weighted by Crippen LogP contribution is -2.36. The average molecular weight is 381 g/mol. The van der Waals surface area contributed by atoms with Crippen molar-refractivity contribution in [2.24, 2.45) is 5.41 Å². The molecule has 0 aliphatic rings. The minimum Gasteiger partial charge on any atom is -0.355 e. The lowest BCUT2D eigenvalue weighted by molar-refractivity contribution is -0.128. The van der Waals surface area contributed by atoms with Crippen molar-refractivity contribution < 1.29 is 14.4 Å². The second kappa shape index (κ2) is 9.17. The highest BCUT2D eigenvalue weighted by Gasteiger charge is 2.20. The first-order valence-electron chi connectivity index (χ1n) is 9.22. The molecule has 6 heteroatoms. The maximum absolute atomic E-state index is 12.6. The fraction of sp³-hybridized carbons (Fsp3) is 0.318. The Morgan fingerprint density at radius 1 is 0.929 bits per heavy atom. The Morgan fingerprint density at radius 3 is 2.32 bits per heavy atom. The van der Waals surface area contributed by atoms with Crippen LogP contribution in [-0.4, -0.2) is 24.3 Å². The summed E-state index contributed by atoms with van der Waals surface area (Å²) in [5, 5.41) is 8.33. The second-order valence-electron chi connectivity index (χ2n) is 7.67. The molecule has 6 nitrogen and oxygen atoms in total.